The highest BCUT2D eigenvalue weighted by Gasteiger charge is 2.17. The molecule has 0 aliphatic heterocycles. The van der Waals surface area contributed by atoms with Crippen LogP contribution in [0.2, 0.25) is 5.02 Å². The number of aryl methyl sites for hydroxylation is 1. The van der Waals surface area contributed by atoms with Crippen molar-refractivity contribution in [3.63, 3.8) is 0 Å². The van der Waals surface area contributed by atoms with Crippen molar-refractivity contribution in [1.29, 1.82) is 0 Å². The van der Waals surface area contributed by atoms with Crippen LogP contribution < -0.4 is 5.32 Å². The van der Waals surface area contributed by atoms with E-state index in [9.17, 15) is 4.39 Å². The van der Waals surface area contributed by atoms with E-state index < -0.39 is 0 Å². The Morgan fingerprint density at radius 2 is 2.11 bits per heavy atom. The molecule has 1 unspecified atom stereocenters. The highest BCUT2D eigenvalue weighted by molar-refractivity contribution is 6.31. The van der Waals surface area contributed by atoms with E-state index in [1.54, 1.807) is 19.3 Å². The van der Waals surface area contributed by atoms with Gasteiger partial charge in [-0.1, -0.05) is 23.7 Å². The van der Waals surface area contributed by atoms with E-state index in [4.69, 9.17) is 11.6 Å². The zero-order valence-electron chi connectivity index (χ0n) is 10.2. The maximum absolute atomic E-state index is 13.8. The summed E-state index contributed by atoms with van der Waals surface area (Å²) in [6.07, 6.45) is 1.58. The SMILES string of the molecule is CNC(c1ccc(C)c(Cl)c1)c1ncccc1F. The highest BCUT2D eigenvalue weighted by Crippen LogP contribution is 2.26. The van der Waals surface area contributed by atoms with E-state index in [0.717, 1.165) is 11.1 Å². The third-order valence-corrected chi connectivity index (χ3v) is 3.29. The lowest BCUT2D eigenvalue weighted by molar-refractivity contribution is 0.560. The van der Waals surface area contributed by atoms with E-state index in [1.807, 2.05) is 25.1 Å². The van der Waals surface area contributed by atoms with Gasteiger partial charge in [0.05, 0.1) is 11.7 Å². The number of rotatable bonds is 3. The van der Waals surface area contributed by atoms with Crippen LogP contribution in [0.1, 0.15) is 22.9 Å². The summed E-state index contributed by atoms with van der Waals surface area (Å²) in [6.45, 7) is 1.93. The van der Waals surface area contributed by atoms with Crippen LogP contribution in [0.5, 0.6) is 0 Å². The Bertz CT molecular complexity index is 557. The van der Waals surface area contributed by atoms with Crippen LogP contribution in [0.15, 0.2) is 36.5 Å². The monoisotopic (exact) mass is 264 g/mol. The molecule has 1 aromatic carbocycles. The summed E-state index contributed by atoms with van der Waals surface area (Å²) in [6, 6.07) is 8.37. The number of halogens is 2. The lowest BCUT2D eigenvalue weighted by atomic mass is 10.0. The second-order valence-corrected chi connectivity index (χ2v) is 4.51. The normalized spacial score (nSPS) is 12.4. The topological polar surface area (TPSA) is 24.9 Å². The Labute approximate surface area is 111 Å². The summed E-state index contributed by atoms with van der Waals surface area (Å²) in [5.74, 6) is -0.325. The molecule has 1 aromatic heterocycles. The van der Waals surface area contributed by atoms with Crippen molar-refractivity contribution in [2.45, 2.75) is 13.0 Å². The average Bonchev–Trinajstić information content (AvgIpc) is 2.37. The number of nitrogens with zero attached hydrogens (tertiary/aromatic N) is 1. The Hall–Kier alpha value is -1.45. The van der Waals surface area contributed by atoms with Crippen LogP contribution in [0.3, 0.4) is 0 Å². The minimum absolute atomic E-state index is 0.302. The van der Waals surface area contributed by atoms with Crippen LogP contribution in [-0.2, 0) is 0 Å². The molecule has 0 aliphatic rings. The van der Waals surface area contributed by atoms with Gasteiger partial charge in [-0.05, 0) is 43.3 Å². The molecule has 0 bridgehead atoms. The van der Waals surface area contributed by atoms with Crippen molar-refractivity contribution < 1.29 is 4.39 Å². The summed E-state index contributed by atoms with van der Waals surface area (Å²) in [5.41, 5.74) is 2.27. The largest absolute Gasteiger partial charge is 0.308 e. The Balaban J connectivity index is 2.45. The first kappa shape index (κ1) is 13.0. The number of aromatic nitrogens is 1. The number of nitrogens with one attached hydrogen (secondary N) is 1. The molecule has 0 radical (unpaired) electrons. The van der Waals surface area contributed by atoms with E-state index >= 15 is 0 Å². The molecule has 4 heteroatoms. The Kier molecular flexibility index (Phi) is 3.94. The lowest BCUT2D eigenvalue weighted by Crippen LogP contribution is -2.20. The van der Waals surface area contributed by atoms with Crippen molar-refractivity contribution in [1.82, 2.24) is 10.3 Å². The van der Waals surface area contributed by atoms with Gasteiger partial charge in [0.2, 0.25) is 0 Å². The predicted molar refractivity (Wildman–Crippen MR) is 71.3 cm³/mol. The van der Waals surface area contributed by atoms with Gasteiger partial charge in [0.1, 0.15) is 5.82 Å². The summed E-state index contributed by atoms with van der Waals surface area (Å²) in [4.78, 5) is 4.10. The number of benzene rings is 1. The minimum Gasteiger partial charge on any atom is -0.308 e. The molecule has 2 rings (SSSR count). The van der Waals surface area contributed by atoms with Gasteiger partial charge in [0.15, 0.2) is 0 Å². The van der Waals surface area contributed by atoms with Crippen LogP contribution in [-0.4, -0.2) is 12.0 Å². The molecule has 0 amide bonds. The van der Waals surface area contributed by atoms with E-state index in [0.29, 0.717) is 10.7 Å². The molecule has 18 heavy (non-hydrogen) atoms. The zero-order chi connectivity index (χ0) is 13.1. The smallest absolute Gasteiger partial charge is 0.146 e. The standard InChI is InChI=1S/C14H14ClFN2/c1-9-5-6-10(8-11(9)15)13(17-2)14-12(16)4-3-7-18-14/h3-8,13,17H,1-2H3. The van der Waals surface area contributed by atoms with Crippen LogP contribution in [0.4, 0.5) is 4.39 Å². The molecule has 1 heterocycles. The summed E-state index contributed by atoms with van der Waals surface area (Å²) in [5, 5.41) is 3.73. The summed E-state index contributed by atoms with van der Waals surface area (Å²) in [7, 11) is 1.77. The first-order chi connectivity index (χ1) is 8.63. The molecule has 2 aromatic rings. The average molecular weight is 265 g/mol. The van der Waals surface area contributed by atoms with Crippen LogP contribution in [0.25, 0.3) is 0 Å². The molecule has 1 N–H and O–H groups in total. The Morgan fingerprint density at radius 1 is 1.33 bits per heavy atom. The lowest BCUT2D eigenvalue weighted by Gasteiger charge is -2.17. The van der Waals surface area contributed by atoms with Gasteiger partial charge in [-0.15, -0.1) is 0 Å². The molecule has 0 spiro atoms. The molecular formula is C14H14ClFN2. The van der Waals surface area contributed by atoms with Gasteiger partial charge >= 0.3 is 0 Å². The van der Waals surface area contributed by atoms with E-state index in [2.05, 4.69) is 10.3 Å². The van der Waals surface area contributed by atoms with E-state index in [-0.39, 0.29) is 11.9 Å². The number of hydrogen-bond acceptors (Lipinski definition) is 2. The molecule has 0 aliphatic carbocycles. The molecule has 1 atom stereocenters. The molecule has 0 saturated heterocycles. The van der Waals surface area contributed by atoms with Gasteiger partial charge in [0, 0.05) is 11.2 Å². The fourth-order valence-corrected chi connectivity index (χ4v) is 2.05. The van der Waals surface area contributed by atoms with E-state index in [1.165, 1.54) is 6.07 Å². The highest BCUT2D eigenvalue weighted by atomic mass is 35.5. The van der Waals surface area contributed by atoms with Crippen molar-refractivity contribution in [2.24, 2.45) is 0 Å². The quantitative estimate of drug-likeness (QED) is 0.918. The second-order valence-electron chi connectivity index (χ2n) is 4.10. The molecule has 0 fully saturated rings. The van der Waals surface area contributed by atoms with Crippen LogP contribution >= 0.6 is 11.6 Å². The number of pyridine rings is 1. The fraction of sp³-hybridized carbons (Fsp3) is 0.214. The first-order valence-corrected chi connectivity index (χ1v) is 6.05. The van der Waals surface area contributed by atoms with Crippen LogP contribution in [0, 0.1) is 12.7 Å². The fourth-order valence-electron chi connectivity index (χ4n) is 1.86. The molecule has 94 valence electrons. The third kappa shape index (κ3) is 2.52. The van der Waals surface area contributed by atoms with Gasteiger partial charge < -0.3 is 5.32 Å². The van der Waals surface area contributed by atoms with Gasteiger partial charge in [-0.2, -0.15) is 0 Å². The summed E-state index contributed by atoms with van der Waals surface area (Å²) >= 11 is 6.10. The molecule has 0 saturated carbocycles. The number of hydrogen-bond donors (Lipinski definition) is 1. The third-order valence-electron chi connectivity index (χ3n) is 2.88. The molecule has 2 nitrogen and oxygen atoms in total. The van der Waals surface area contributed by atoms with Gasteiger partial charge in [-0.3, -0.25) is 4.98 Å². The second kappa shape index (κ2) is 5.46. The van der Waals surface area contributed by atoms with Crippen molar-refractivity contribution >= 4 is 11.6 Å². The minimum atomic E-state index is -0.325. The van der Waals surface area contributed by atoms with Crippen molar-refractivity contribution in [2.75, 3.05) is 7.05 Å². The van der Waals surface area contributed by atoms with Crippen molar-refractivity contribution in [3.05, 3.63) is 64.2 Å². The zero-order valence-corrected chi connectivity index (χ0v) is 11.0. The first-order valence-electron chi connectivity index (χ1n) is 5.67. The van der Waals surface area contributed by atoms with Gasteiger partial charge in [0.25, 0.3) is 0 Å². The Morgan fingerprint density at radius 3 is 2.72 bits per heavy atom. The predicted octanol–water partition coefficient (Wildman–Crippen LogP) is 3.49. The maximum Gasteiger partial charge on any atom is 0.146 e. The van der Waals surface area contributed by atoms with Gasteiger partial charge in [-0.25, -0.2) is 4.39 Å². The summed E-state index contributed by atoms with van der Waals surface area (Å²) < 4.78 is 13.8. The molecular weight excluding hydrogens is 251 g/mol. The maximum atomic E-state index is 13.8. The van der Waals surface area contributed by atoms with Crippen molar-refractivity contribution in [3.8, 4) is 0 Å².